The van der Waals surface area contributed by atoms with Gasteiger partial charge in [-0.15, -0.1) is 0 Å². The molecule has 3 atom stereocenters. The summed E-state index contributed by atoms with van der Waals surface area (Å²) in [4.78, 5) is 25.8. The number of hydrogen-bond acceptors (Lipinski definition) is 5. The summed E-state index contributed by atoms with van der Waals surface area (Å²) in [5.74, 6) is -0.480. The number of unbranched alkanes of at least 4 members (excludes halogenated alkanes) is 28. The third-order valence-corrected chi connectivity index (χ3v) is 10.8. The van der Waals surface area contributed by atoms with Crippen LogP contribution in [0.4, 0.5) is 0 Å². The van der Waals surface area contributed by atoms with Gasteiger partial charge in [-0.2, -0.15) is 0 Å². The minimum Gasteiger partial charge on any atom is -0.462 e. The topological polar surface area (TPSA) is 95.9 Å². The predicted octanol–water partition coefficient (Wildman–Crippen LogP) is 13.4. The summed E-state index contributed by atoms with van der Waals surface area (Å²) in [7, 11) is 0. The Morgan fingerprint density at radius 1 is 0.528 bits per heavy atom. The van der Waals surface area contributed by atoms with Crippen molar-refractivity contribution in [2.24, 2.45) is 0 Å². The Kier molecular flexibility index (Phi) is 40.7. The Morgan fingerprint density at radius 2 is 0.925 bits per heavy atom. The van der Waals surface area contributed by atoms with Gasteiger partial charge >= 0.3 is 5.97 Å². The maximum absolute atomic E-state index is 13.1. The number of nitrogens with one attached hydrogen (secondary N) is 1. The van der Waals surface area contributed by atoms with Crippen molar-refractivity contribution < 1.29 is 24.5 Å². The zero-order valence-electron chi connectivity index (χ0n) is 35.7. The van der Waals surface area contributed by atoms with E-state index in [9.17, 15) is 19.8 Å². The standard InChI is InChI=1S/C47H91NO5/c1-4-7-10-13-16-18-20-21-22-23-24-26-27-30-33-36-39-45(50)44(42-49)48-46(51)41-43(38-35-32-29-15-12-9-6-3)53-47(52)40-37-34-31-28-25-19-17-14-11-8-5-2/h14,17,43-45,49-50H,4-13,15-16,18-42H2,1-3H3,(H,48,51)/b17-14-. The van der Waals surface area contributed by atoms with Crippen molar-refractivity contribution in [2.75, 3.05) is 6.61 Å². The zero-order valence-corrected chi connectivity index (χ0v) is 35.7. The molecule has 53 heavy (non-hydrogen) atoms. The molecule has 0 aromatic heterocycles. The van der Waals surface area contributed by atoms with E-state index in [0.29, 0.717) is 19.3 Å². The molecule has 0 aliphatic rings. The summed E-state index contributed by atoms with van der Waals surface area (Å²) >= 11 is 0. The van der Waals surface area contributed by atoms with Gasteiger partial charge in [0.05, 0.1) is 25.2 Å². The third kappa shape index (κ3) is 37.3. The van der Waals surface area contributed by atoms with Gasteiger partial charge in [-0.1, -0.05) is 206 Å². The van der Waals surface area contributed by atoms with Crippen LogP contribution < -0.4 is 5.32 Å². The number of carbonyl (C=O) groups is 2. The first-order valence-electron chi connectivity index (χ1n) is 23.4. The summed E-state index contributed by atoms with van der Waals surface area (Å²) < 4.78 is 5.86. The monoisotopic (exact) mass is 750 g/mol. The zero-order chi connectivity index (χ0) is 38.9. The molecule has 3 N–H and O–H groups in total. The molecule has 0 spiro atoms. The first-order chi connectivity index (χ1) is 26.0. The van der Waals surface area contributed by atoms with Crippen LogP contribution in [0.5, 0.6) is 0 Å². The van der Waals surface area contributed by atoms with Crippen LogP contribution in [0.2, 0.25) is 0 Å². The van der Waals surface area contributed by atoms with E-state index >= 15 is 0 Å². The first kappa shape index (κ1) is 51.6. The highest BCUT2D eigenvalue weighted by Crippen LogP contribution is 2.18. The Hall–Kier alpha value is -1.40. The maximum atomic E-state index is 13.1. The molecule has 0 aliphatic carbocycles. The highest BCUT2D eigenvalue weighted by molar-refractivity contribution is 5.77. The van der Waals surface area contributed by atoms with E-state index in [1.54, 1.807) is 0 Å². The van der Waals surface area contributed by atoms with E-state index in [1.807, 2.05) is 0 Å². The highest BCUT2D eigenvalue weighted by Gasteiger charge is 2.24. The molecular formula is C47H91NO5. The fourth-order valence-electron chi connectivity index (χ4n) is 7.23. The van der Waals surface area contributed by atoms with Gasteiger partial charge in [0, 0.05) is 6.42 Å². The molecule has 0 saturated carbocycles. The summed E-state index contributed by atoms with van der Waals surface area (Å²) in [6.07, 6.45) is 44.3. The van der Waals surface area contributed by atoms with Gasteiger partial charge < -0.3 is 20.3 Å². The number of amides is 1. The molecule has 0 aliphatic heterocycles. The lowest BCUT2D eigenvalue weighted by Crippen LogP contribution is -2.46. The lowest BCUT2D eigenvalue weighted by molar-refractivity contribution is -0.151. The third-order valence-electron chi connectivity index (χ3n) is 10.8. The van der Waals surface area contributed by atoms with Crippen LogP contribution in [0.25, 0.3) is 0 Å². The predicted molar refractivity (Wildman–Crippen MR) is 227 cm³/mol. The van der Waals surface area contributed by atoms with Gasteiger partial charge in [0.15, 0.2) is 0 Å². The molecule has 0 heterocycles. The number of carbonyl (C=O) groups excluding carboxylic acids is 2. The van der Waals surface area contributed by atoms with E-state index in [4.69, 9.17) is 4.74 Å². The molecule has 314 valence electrons. The largest absolute Gasteiger partial charge is 0.462 e. The summed E-state index contributed by atoms with van der Waals surface area (Å²) in [6.45, 7) is 6.42. The Balaban J connectivity index is 4.36. The molecule has 0 fully saturated rings. The van der Waals surface area contributed by atoms with E-state index in [-0.39, 0.29) is 24.9 Å². The molecule has 0 aromatic carbocycles. The normalized spacial score (nSPS) is 13.4. The van der Waals surface area contributed by atoms with Gasteiger partial charge in [-0.05, 0) is 44.9 Å². The molecule has 6 nitrogen and oxygen atoms in total. The van der Waals surface area contributed by atoms with Gasteiger partial charge in [0.1, 0.15) is 6.10 Å². The first-order valence-corrected chi connectivity index (χ1v) is 23.4. The number of ether oxygens (including phenoxy) is 1. The van der Waals surface area contributed by atoms with Crippen molar-refractivity contribution in [3.8, 4) is 0 Å². The SMILES string of the molecule is CCCC/C=C\CCCCCCCC(=O)OC(CCCCCCCCC)CC(=O)NC(CO)C(O)CCCCCCCCCCCCCCCCCC. The van der Waals surface area contributed by atoms with Crippen molar-refractivity contribution >= 4 is 11.9 Å². The van der Waals surface area contributed by atoms with Crippen molar-refractivity contribution in [1.82, 2.24) is 5.32 Å². The maximum Gasteiger partial charge on any atom is 0.306 e. The van der Waals surface area contributed by atoms with Gasteiger partial charge in [0.2, 0.25) is 5.91 Å². The van der Waals surface area contributed by atoms with Crippen molar-refractivity contribution in [1.29, 1.82) is 0 Å². The van der Waals surface area contributed by atoms with Gasteiger partial charge in [-0.25, -0.2) is 0 Å². The van der Waals surface area contributed by atoms with Crippen LogP contribution in [-0.2, 0) is 14.3 Å². The molecule has 1 amide bonds. The summed E-state index contributed by atoms with van der Waals surface area (Å²) in [5, 5.41) is 23.6. The summed E-state index contributed by atoms with van der Waals surface area (Å²) in [6, 6.07) is -0.694. The van der Waals surface area contributed by atoms with Crippen molar-refractivity contribution in [2.45, 2.75) is 270 Å². The lowest BCUT2D eigenvalue weighted by Gasteiger charge is -2.24. The molecule has 0 radical (unpaired) electrons. The second kappa shape index (κ2) is 41.8. The smallest absolute Gasteiger partial charge is 0.306 e. The molecule has 0 saturated heterocycles. The fraction of sp³-hybridized carbons (Fsp3) is 0.915. The number of allylic oxidation sites excluding steroid dienone is 2. The van der Waals surface area contributed by atoms with E-state index in [2.05, 4.69) is 38.2 Å². The van der Waals surface area contributed by atoms with Crippen LogP contribution in [0.3, 0.4) is 0 Å². The van der Waals surface area contributed by atoms with Crippen molar-refractivity contribution in [3.05, 3.63) is 12.2 Å². The molecule has 0 bridgehead atoms. The summed E-state index contributed by atoms with van der Waals surface area (Å²) in [5.41, 5.74) is 0. The molecule has 0 aromatic rings. The van der Waals surface area contributed by atoms with Gasteiger partial charge in [0.25, 0.3) is 0 Å². The van der Waals surface area contributed by atoms with Crippen LogP contribution in [0, 0.1) is 0 Å². The van der Waals surface area contributed by atoms with Crippen LogP contribution >= 0.6 is 0 Å². The number of aliphatic hydroxyl groups is 2. The Labute approximate surface area is 329 Å². The van der Waals surface area contributed by atoms with E-state index in [1.165, 1.54) is 154 Å². The number of hydrogen-bond donors (Lipinski definition) is 3. The average Bonchev–Trinajstić information content (AvgIpc) is 3.15. The fourth-order valence-corrected chi connectivity index (χ4v) is 7.23. The van der Waals surface area contributed by atoms with Crippen LogP contribution in [-0.4, -0.2) is 46.9 Å². The molecular weight excluding hydrogens is 659 g/mol. The number of esters is 1. The lowest BCUT2D eigenvalue weighted by atomic mass is 10.0. The molecule has 0 rings (SSSR count). The average molecular weight is 750 g/mol. The van der Waals surface area contributed by atoms with Crippen LogP contribution in [0.15, 0.2) is 12.2 Å². The second-order valence-electron chi connectivity index (χ2n) is 16.2. The van der Waals surface area contributed by atoms with Gasteiger partial charge in [-0.3, -0.25) is 9.59 Å². The quantitative estimate of drug-likeness (QED) is 0.0328. The Morgan fingerprint density at radius 3 is 1.40 bits per heavy atom. The van der Waals surface area contributed by atoms with Crippen molar-refractivity contribution in [3.63, 3.8) is 0 Å². The minimum absolute atomic E-state index is 0.0790. The number of aliphatic hydroxyl groups excluding tert-OH is 2. The number of rotatable bonds is 42. The molecule has 6 heteroatoms. The van der Waals surface area contributed by atoms with Crippen LogP contribution in [0.1, 0.15) is 252 Å². The second-order valence-corrected chi connectivity index (χ2v) is 16.2. The minimum atomic E-state index is -0.781. The van der Waals surface area contributed by atoms with E-state index < -0.39 is 18.2 Å². The molecule has 3 unspecified atom stereocenters. The Bertz CT molecular complexity index is 802. The highest BCUT2D eigenvalue weighted by atomic mass is 16.5. The van der Waals surface area contributed by atoms with E-state index in [0.717, 1.165) is 51.4 Å².